The van der Waals surface area contributed by atoms with E-state index >= 15 is 0 Å². The van der Waals surface area contributed by atoms with Crippen molar-refractivity contribution in [3.05, 3.63) is 101 Å². The van der Waals surface area contributed by atoms with Crippen LogP contribution in [0.1, 0.15) is 61.9 Å². The smallest absolute Gasteiger partial charge is 0.407 e. The van der Waals surface area contributed by atoms with Gasteiger partial charge in [0.15, 0.2) is 0 Å². The van der Waals surface area contributed by atoms with Crippen LogP contribution in [-0.4, -0.2) is 94.7 Å². The molecule has 1 aliphatic carbocycles. The van der Waals surface area contributed by atoms with Gasteiger partial charge in [-0.05, 0) is 68.0 Å². The predicted molar refractivity (Wildman–Crippen MR) is 187 cm³/mol. The first-order valence-corrected chi connectivity index (χ1v) is 17.3. The minimum absolute atomic E-state index is 0.000913. The molecule has 1 heterocycles. The summed E-state index contributed by atoms with van der Waals surface area (Å²) < 4.78 is 16.4. The van der Waals surface area contributed by atoms with Gasteiger partial charge in [0.05, 0.1) is 30.8 Å². The molecule has 3 N–H and O–H groups in total. The first-order valence-electron chi connectivity index (χ1n) is 17.3. The Hall–Kier alpha value is -4.45. The van der Waals surface area contributed by atoms with Gasteiger partial charge in [0.1, 0.15) is 24.6 Å². The lowest BCUT2D eigenvalue weighted by molar-refractivity contribution is -0.150. The van der Waals surface area contributed by atoms with Crippen LogP contribution in [0.15, 0.2) is 78.9 Å². The number of hydrogen-bond acceptors (Lipinski definition) is 9. The highest BCUT2D eigenvalue weighted by Gasteiger charge is 2.38. The maximum atomic E-state index is 14.1. The second kappa shape index (κ2) is 17.0. The molecule has 2 amide bonds. The number of nitrogens with zero attached hydrogens (tertiary/aromatic N) is 2. The summed E-state index contributed by atoms with van der Waals surface area (Å²) in [6.07, 6.45) is -1.58. The van der Waals surface area contributed by atoms with Gasteiger partial charge in [0.25, 0.3) is 0 Å². The third-order valence-electron chi connectivity index (χ3n) is 8.92. The Morgan fingerprint density at radius 3 is 2.46 bits per heavy atom. The van der Waals surface area contributed by atoms with E-state index in [0.29, 0.717) is 44.9 Å². The van der Waals surface area contributed by atoms with Crippen molar-refractivity contribution in [2.24, 2.45) is 0 Å². The molecule has 11 heteroatoms. The van der Waals surface area contributed by atoms with Gasteiger partial charge in [0.2, 0.25) is 5.91 Å². The molecular formula is C39H49N3O8. The Labute approximate surface area is 294 Å². The Balaban J connectivity index is 1.27. The van der Waals surface area contributed by atoms with E-state index in [9.17, 15) is 24.6 Å². The summed E-state index contributed by atoms with van der Waals surface area (Å²) in [7, 11) is 0. The van der Waals surface area contributed by atoms with E-state index in [1.165, 1.54) is 0 Å². The fourth-order valence-corrected chi connectivity index (χ4v) is 6.46. The molecule has 0 aromatic heterocycles. The van der Waals surface area contributed by atoms with Gasteiger partial charge < -0.3 is 34.6 Å². The number of amides is 2. The molecule has 4 atom stereocenters. The summed E-state index contributed by atoms with van der Waals surface area (Å²) in [6, 6.07) is 23.5. The van der Waals surface area contributed by atoms with E-state index in [1.807, 2.05) is 83.8 Å². The lowest BCUT2D eigenvalue weighted by atomic mass is 9.97. The second-order valence-electron chi connectivity index (χ2n) is 14.0. The summed E-state index contributed by atoms with van der Waals surface area (Å²) in [5.74, 6) is 0.220. The van der Waals surface area contributed by atoms with Crippen LogP contribution in [0.3, 0.4) is 0 Å². The first kappa shape index (κ1) is 36.8. The standard InChI is InChI=1S/C39H49N3O8/c1-39(2,3)50-38(47)40-32(23-27-9-5-4-6-10-27)33(43)17-18-35(45)42(37-31-12-8-7-11-29(31)24-34(37)44)25-28-13-15-30(16-14-28)48-21-19-41-20-22-49-36(46)26-41/h4-16,32-34,37,43-44H,17-26H2,1-3H3,(H,40,47)/t32-,33-,34+,37-/m0/s1. The number of carbonyl (C=O) groups is 3. The van der Waals surface area contributed by atoms with Gasteiger partial charge in [-0.25, -0.2) is 4.79 Å². The van der Waals surface area contributed by atoms with Gasteiger partial charge in [-0.2, -0.15) is 0 Å². The van der Waals surface area contributed by atoms with Gasteiger partial charge in [0, 0.05) is 32.5 Å². The highest BCUT2D eigenvalue weighted by atomic mass is 16.6. The molecule has 0 unspecified atom stereocenters. The van der Waals surface area contributed by atoms with Crippen molar-refractivity contribution in [3.8, 4) is 5.75 Å². The third kappa shape index (κ3) is 10.5. The minimum atomic E-state index is -1.04. The Morgan fingerprint density at radius 1 is 1.02 bits per heavy atom. The Morgan fingerprint density at radius 2 is 1.74 bits per heavy atom. The predicted octanol–water partition coefficient (Wildman–Crippen LogP) is 4.19. The van der Waals surface area contributed by atoms with Gasteiger partial charge in [-0.1, -0.05) is 66.7 Å². The molecular weight excluding hydrogens is 638 g/mol. The summed E-state index contributed by atoms with van der Waals surface area (Å²) in [5.41, 5.74) is 2.97. The highest BCUT2D eigenvalue weighted by molar-refractivity contribution is 5.77. The van der Waals surface area contributed by atoms with E-state index < -0.39 is 36.0 Å². The van der Waals surface area contributed by atoms with Crippen LogP contribution in [0.5, 0.6) is 5.75 Å². The maximum absolute atomic E-state index is 14.1. The number of aliphatic hydroxyl groups excluding tert-OH is 2. The van der Waals surface area contributed by atoms with Crippen molar-refractivity contribution in [3.63, 3.8) is 0 Å². The molecule has 1 aliphatic heterocycles. The number of cyclic esters (lactones) is 1. The monoisotopic (exact) mass is 687 g/mol. The summed E-state index contributed by atoms with van der Waals surface area (Å²) in [5, 5.41) is 25.4. The highest BCUT2D eigenvalue weighted by Crippen LogP contribution is 2.37. The molecule has 0 spiro atoms. The second-order valence-corrected chi connectivity index (χ2v) is 14.0. The van der Waals surface area contributed by atoms with Crippen LogP contribution in [0.4, 0.5) is 4.79 Å². The van der Waals surface area contributed by atoms with E-state index in [4.69, 9.17) is 14.2 Å². The first-order chi connectivity index (χ1) is 23.9. The number of alkyl carbamates (subject to hydrolysis) is 1. The van der Waals surface area contributed by atoms with Crippen LogP contribution in [0.2, 0.25) is 0 Å². The average molecular weight is 688 g/mol. The molecule has 0 bridgehead atoms. The zero-order valence-corrected chi connectivity index (χ0v) is 29.1. The number of carbonyl (C=O) groups excluding carboxylic acids is 3. The van der Waals surface area contributed by atoms with Crippen LogP contribution in [-0.2, 0) is 38.4 Å². The van der Waals surface area contributed by atoms with E-state index in [1.54, 1.807) is 25.7 Å². The minimum Gasteiger partial charge on any atom is -0.492 e. The zero-order chi connectivity index (χ0) is 35.7. The molecule has 11 nitrogen and oxygen atoms in total. The van der Waals surface area contributed by atoms with Crippen molar-refractivity contribution in [2.45, 2.75) is 82.9 Å². The van der Waals surface area contributed by atoms with Crippen LogP contribution in [0, 0.1) is 0 Å². The fraction of sp³-hybridized carbons (Fsp3) is 0.462. The number of rotatable bonds is 14. The maximum Gasteiger partial charge on any atom is 0.407 e. The zero-order valence-electron chi connectivity index (χ0n) is 29.1. The van der Waals surface area contributed by atoms with Crippen molar-refractivity contribution in [2.75, 3.05) is 32.8 Å². The quantitative estimate of drug-likeness (QED) is 0.213. The van der Waals surface area contributed by atoms with E-state index in [0.717, 1.165) is 22.3 Å². The number of aliphatic hydroxyl groups is 2. The number of morpholine rings is 1. The summed E-state index contributed by atoms with van der Waals surface area (Å²) in [4.78, 5) is 42.0. The molecule has 0 saturated carbocycles. The number of esters is 1. The largest absolute Gasteiger partial charge is 0.492 e. The van der Waals surface area contributed by atoms with Crippen LogP contribution in [0.25, 0.3) is 0 Å². The van der Waals surface area contributed by atoms with E-state index in [-0.39, 0.29) is 37.8 Å². The molecule has 0 radical (unpaired) electrons. The van der Waals surface area contributed by atoms with E-state index in [2.05, 4.69) is 5.32 Å². The van der Waals surface area contributed by atoms with Gasteiger partial charge in [-0.15, -0.1) is 0 Å². The molecule has 1 saturated heterocycles. The number of fused-ring (bicyclic) bond motifs is 1. The molecule has 3 aromatic rings. The summed E-state index contributed by atoms with van der Waals surface area (Å²) in [6.45, 7) is 7.90. The summed E-state index contributed by atoms with van der Waals surface area (Å²) >= 11 is 0. The topological polar surface area (TPSA) is 138 Å². The normalized spacial score (nSPS) is 18.8. The molecule has 268 valence electrons. The lowest BCUT2D eigenvalue weighted by Gasteiger charge is -2.33. The number of nitrogens with one attached hydrogen (secondary N) is 1. The van der Waals surface area contributed by atoms with Crippen molar-refractivity contribution >= 4 is 18.0 Å². The molecule has 1 fully saturated rings. The number of benzene rings is 3. The molecule has 3 aromatic carbocycles. The Bertz CT molecular complexity index is 1580. The molecule has 2 aliphatic rings. The van der Waals surface area contributed by atoms with Crippen LogP contribution < -0.4 is 10.1 Å². The molecule has 5 rings (SSSR count). The Kier molecular flexibility index (Phi) is 12.5. The lowest BCUT2D eigenvalue weighted by Crippen LogP contribution is -2.47. The fourth-order valence-electron chi connectivity index (χ4n) is 6.46. The van der Waals surface area contributed by atoms with Gasteiger partial charge in [-0.3, -0.25) is 14.5 Å². The number of ether oxygens (including phenoxy) is 3. The van der Waals surface area contributed by atoms with Crippen molar-refractivity contribution in [1.29, 1.82) is 0 Å². The van der Waals surface area contributed by atoms with Gasteiger partial charge >= 0.3 is 12.1 Å². The third-order valence-corrected chi connectivity index (χ3v) is 8.92. The number of hydrogen-bond donors (Lipinski definition) is 3. The van der Waals surface area contributed by atoms with Crippen LogP contribution >= 0.6 is 0 Å². The molecule has 50 heavy (non-hydrogen) atoms. The van der Waals surface area contributed by atoms with Crippen molar-refractivity contribution < 1.29 is 38.8 Å². The average Bonchev–Trinajstić information content (AvgIpc) is 3.41. The van der Waals surface area contributed by atoms with Crippen molar-refractivity contribution in [1.82, 2.24) is 15.1 Å². The SMILES string of the molecule is CC(C)(C)OC(=O)N[C@@H](Cc1ccccc1)[C@@H](O)CCC(=O)N(Cc1ccc(OCCN2CCOC(=O)C2)cc1)[C@H]1c2ccccc2C[C@H]1O.